The van der Waals surface area contributed by atoms with Gasteiger partial charge in [0.2, 0.25) is 0 Å². The highest BCUT2D eigenvalue weighted by molar-refractivity contribution is 5.38. The molecule has 0 saturated carbocycles. The fraction of sp³-hybridized carbons (Fsp3) is 0.500. The summed E-state index contributed by atoms with van der Waals surface area (Å²) in [5.41, 5.74) is 2.53. The van der Waals surface area contributed by atoms with Crippen LogP contribution in [-0.4, -0.2) is 30.4 Å². The minimum Gasteiger partial charge on any atom is -0.493 e. The zero-order valence-corrected chi connectivity index (χ0v) is 9.07. The van der Waals surface area contributed by atoms with Crippen molar-refractivity contribution >= 4 is 0 Å². The molecule has 0 fully saturated rings. The first-order chi connectivity index (χ1) is 7.29. The third-order valence-electron chi connectivity index (χ3n) is 2.67. The van der Waals surface area contributed by atoms with E-state index >= 15 is 0 Å². The molecule has 0 radical (unpaired) electrons. The Morgan fingerprint density at radius 1 is 1.47 bits per heavy atom. The molecule has 1 aliphatic heterocycles. The normalized spacial score (nSPS) is 14.9. The van der Waals surface area contributed by atoms with Gasteiger partial charge in [-0.3, -0.25) is 4.90 Å². The Bertz CT molecular complexity index is 338. The summed E-state index contributed by atoms with van der Waals surface area (Å²) in [6.07, 6.45) is 2.21. The van der Waals surface area contributed by atoms with Gasteiger partial charge in [0.15, 0.2) is 0 Å². The van der Waals surface area contributed by atoms with Crippen molar-refractivity contribution in [2.75, 3.05) is 20.4 Å². The van der Waals surface area contributed by atoms with Crippen LogP contribution >= 0.6 is 0 Å². The molecule has 0 bridgehead atoms. The van der Waals surface area contributed by atoms with Gasteiger partial charge in [-0.05, 0) is 37.1 Å². The zero-order chi connectivity index (χ0) is 10.7. The van der Waals surface area contributed by atoms with E-state index in [1.54, 1.807) is 0 Å². The first kappa shape index (κ1) is 10.5. The summed E-state index contributed by atoms with van der Waals surface area (Å²) in [6.45, 7) is 1.71. The molecule has 3 heteroatoms. The fourth-order valence-electron chi connectivity index (χ4n) is 1.87. The van der Waals surface area contributed by atoms with Gasteiger partial charge in [-0.2, -0.15) is 0 Å². The molecule has 0 atom stereocenters. The van der Waals surface area contributed by atoms with Gasteiger partial charge in [-0.25, -0.2) is 0 Å². The number of fused-ring (bicyclic) bond motifs is 1. The summed E-state index contributed by atoms with van der Waals surface area (Å²) in [5, 5.41) is 8.94. The lowest BCUT2D eigenvalue weighted by molar-refractivity contribution is 0.127. The van der Waals surface area contributed by atoms with Gasteiger partial charge in [0.05, 0.1) is 13.3 Å². The van der Waals surface area contributed by atoms with Crippen LogP contribution in [0.15, 0.2) is 18.2 Å². The average molecular weight is 207 g/mol. The van der Waals surface area contributed by atoms with E-state index in [9.17, 15) is 0 Å². The second kappa shape index (κ2) is 4.64. The second-order valence-corrected chi connectivity index (χ2v) is 4.05. The van der Waals surface area contributed by atoms with Crippen molar-refractivity contribution in [2.45, 2.75) is 19.4 Å². The van der Waals surface area contributed by atoms with E-state index in [-0.39, 0.29) is 6.73 Å². The highest BCUT2D eigenvalue weighted by Crippen LogP contribution is 2.25. The Labute approximate surface area is 90.3 Å². The van der Waals surface area contributed by atoms with E-state index in [2.05, 4.69) is 12.1 Å². The van der Waals surface area contributed by atoms with Crippen LogP contribution in [0.3, 0.4) is 0 Å². The zero-order valence-electron chi connectivity index (χ0n) is 9.07. The van der Waals surface area contributed by atoms with Crippen molar-refractivity contribution < 1.29 is 9.84 Å². The smallest absolute Gasteiger partial charge is 0.122 e. The van der Waals surface area contributed by atoms with Gasteiger partial charge in [-0.15, -0.1) is 0 Å². The largest absolute Gasteiger partial charge is 0.493 e. The number of benzene rings is 1. The number of ether oxygens (including phenoxy) is 1. The molecule has 1 aromatic rings. The number of hydrogen-bond acceptors (Lipinski definition) is 3. The van der Waals surface area contributed by atoms with E-state index < -0.39 is 0 Å². The lowest BCUT2D eigenvalue weighted by Gasteiger charge is -2.19. The molecular weight excluding hydrogens is 190 g/mol. The number of aliphatic hydroxyl groups excluding tert-OH is 1. The quantitative estimate of drug-likeness (QED) is 0.760. The fourth-order valence-corrected chi connectivity index (χ4v) is 1.87. The van der Waals surface area contributed by atoms with Gasteiger partial charge in [-0.1, -0.05) is 12.1 Å². The number of nitrogens with zero attached hydrogens (tertiary/aromatic N) is 1. The summed E-state index contributed by atoms with van der Waals surface area (Å²) in [5.74, 6) is 1.02. The van der Waals surface area contributed by atoms with Crippen LogP contribution in [0.4, 0.5) is 0 Å². The molecule has 1 N–H and O–H groups in total. The van der Waals surface area contributed by atoms with Crippen LogP contribution in [0.2, 0.25) is 0 Å². The maximum atomic E-state index is 8.94. The molecule has 0 spiro atoms. The van der Waals surface area contributed by atoms with Crippen LogP contribution in [0, 0.1) is 0 Å². The molecule has 0 aliphatic carbocycles. The molecule has 1 aliphatic rings. The Hall–Kier alpha value is -1.06. The SMILES string of the molecule is CN(CO)Cc1ccc2c(c1)CCCO2. The molecule has 2 rings (SSSR count). The van der Waals surface area contributed by atoms with Crippen molar-refractivity contribution in [1.29, 1.82) is 0 Å². The van der Waals surface area contributed by atoms with E-state index in [1.807, 2.05) is 18.0 Å². The van der Waals surface area contributed by atoms with Crippen molar-refractivity contribution in [3.63, 3.8) is 0 Å². The van der Waals surface area contributed by atoms with E-state index in [0.717, 1.165) is 31.7 Å². The minimum absolute atomic E-state index is 0.0909. The molecule has 1 aromatic carbocycles. The van der Waals surface area contributed by atoms with Crippen molar-refractivity contribution in [3.8, 4) is 5.75 Å². The molecular formula is C12H17NO2. The number of rotatable bonds is 3. The van der Waals surface area contributed by atoms with Gasteiger partial charge in [0.1, 0.15) is 5.75 Å². The molecule has 0 amide bonds. The van der Waals surface area contributed by atoms with E-state index in [0.29, 0.717) is 0 Å². The summed E-state index contributed by atoms with van der Waals surface area (Å²) in [6, 6.07) is 6.28. The average Bonchev–Trinajstić information content (AvgIpc) is 2.29. The van der Waals surface area contributed by atoms with E-state index in [4.69, 9.17) is 9.84 Å². The van der Waals surface area contributed by atoms with Crippen LogP contribution < -0.4 is 4.74 Å². The first-order valence-electron chi connectivity index (χ1n) is 5.33. The number of aliphatic hydroxyl groups is 1. The van der Waals surface area contributed by atoms with Gasteiger partial charge < -0.3 is 9.84 Å². The predicted molar refractivity (Wildman–Crippen MR) is 58.8 cm³/mol. The van der Waals surface area contributed by atoms with Gasteiger partial charge >= 0.3 is 0 Å². The first-order valence-corrected chi connectivity index (χ1v) is 5.33. The van der Waals surface area contributed by atoms with Crippen molar-refractivity contribution in [3.05, 3.63) is 29.3 Å². The summed E-state index contributed by atoms with van der Waals surface area (Å²) < 4.78 is 5.55. The Kier molecular flexibility index (Phi) is 3.23. The lowest BCUT2D eigenvalue weighted by Crippen LogP contribution is -2.18. The van der Waals surface area contributed by atoms with Gasteiger partial charge in [0.25, 0.3) is 0 Å². The highest BCUT2D eigenvalue weighted by atomic mass is 16.5. The third kappa shape index (κ3) is 2.49. The maximum Gasteiger partial charge on any atom is 0.122 e. The second-order valence-electron chi connectivity index (χ2n) is 4.05. The molecule has 0 aromatic heterocycles. The van der Waals surface area contributed by atoms with Crippen LogP contribution in [0.25, 0.3) is 0 Å². The Morgan fingerprint density at radius 2 is 2.33 bits per heavy atom. The maximum absolute atomic E-state index is 8.94. The number of hydrogen-bond donors (Lipinski definition) is 1. The van der Waals surface area contributed by atoms with E-state index in [1.165, 1.54) is 11.1 Å². The monoisotopic (exact) mass is 207 g/mol. The van der Waals surface area contributed by atoms with Crippen molar-refractivity contribution in [1.82, 2.24) is 4.90 Å². The Balaban J connectivity index is 2.13. The molecule has 0 unspecified atom stereocenters. The summed E-state index contributed by atoms with van der Waals surface area (Å²) in [7, 11) is 1.90. The minimum atomic E-state index is 0.0909. The van der Waals surface area contributed by atoms with Crippen LogP contribution in [-0.2, 0) is 13.0 Å². The molecule has 0 saturated heterocycles. The summed E-state index contributed by atoms with van der Waals surface area (Å²) >= 11 is 0. The molecule has 15 heavy (non-hydrogen) atoms. The topological polar surface area (TPSA) is 32.7 Å². The third-order valence-corrected chi connectivity index (χ3v) is 2.67. The standard InChI is InChI=1S/C12H17NO2/c1-13(9-14)8-10-4-5-12-11(7-10)3-2-6-15-12/h4-5,7,14H,2-3,6,8-9H2,1H3. The molecule has 82 valence electrons. The molecule has 3 nitrogen and oxygen atoms in total. The van der Waals surface area contributed by atoms with Crippen molar-refractivity contribution in [2.24, 2.45) is 0 Å². The van der Waals surface area contributed by atoms with Gasteiger partial charge in [0, 0.05) is 6.54 Å². The summed E-state index contributed by atoms with van der Waals surface area (Å²) in [4.78, 5) is 1.87. The number of aryl methyl sites for hydroxylation is 1. The lowest BCUT2D eigenvalue weighted by atomic mass is 10.0. The predicted octanol–water partition coefficient (Wildman–Crippen LogP) is 1.39. The van der Waals surface area contributed by atoms with Crippen LogP contribution in [0.5, 0.6) is 5.75 Å². The molecule has 1 heterocycles. The van der Waals surface area contributed by atoms with Crippen LogP contribution in [0.1, 0.15) is 17.5 Å². The Morgan fingerprint density at radius 3 is 3.13 bits per heavy atom. The highest BCUT2D eigenvalue weighted by Gasteiger charge is 2.10.